The number of nitrogens with one attached hydrogen (secondary N) is 1. The Labute approximate surface area is 189 Å². The van der Waals surface area contributed by atoms with Gasteiger partial charge in [0.15, 0.2) is 24.8 Å². The molecule has 2 heterocycles. The Kier molecular flexibility index (Phi) is 8.46. The van der Waals surface area contributed by atoms with Gasteiger partial charge in [0.1, 0.15) is 0 Å². The molecule has 0 aliphatic carbocycles. The second-order valence-corrected chi connectivity index (χ2v) is 9.00. The fourth-order valence-corrected chi connectivity index (χ4v) is 4.00. The molecular formula is C26H27N2O3P. The summed E-state index contributed by atoms with van der Waals surface area (Å²) in [6.07, 6.45) is 10.1. The summed E-state index contributed by atoms with van der Waals surface area (Å²) < 4.78 is 12.4. The first-order valence-corrected chi connectivity index (χ1v) is 12.3. The lowest BCUT2D eigenvalue weighted by Crippen LogP contribution is -2.29. The minimum Gasteiger partial charge on any atom is -0.810 e. The van der Waals surface area contributed by atoms with Crippen LogP contribution in [0, 0.1) is 0 Å². The average Bonchev–Trinajstić information content (AvgIpc) is 2.80. The molecule has 5 nitrogen and oxygen atoms in total. The standard InChI is InChI=1S/C19H19N2.C7H9O3P/c1-2-4-16-5-3-6-19(15-16)21-13-9-18(10-14-21)17-7-11-20-12-8-17;8-11(9,10)6-7-4-2-1-3-5-7/h3,5-15H,2,4H2,1H3;1-5H,6H2,(H2,8,9,10)/q+1;/p-1. The SMILES string of the molecule is CCCc1cccc(-[n+]2ccc(-c3cc[nH+]cc3)cc2)c1.O=P([O-])([O-])Cc1ccccc1. The minimum atomic E-state index is -4.39. The maximum Gasteiger partial charge on any atom is 0.210 e. The lowest BCUT2D eigenvalue weighted by Gasteiger charge is -2.29. The molecule has 0 aliphatic heterocycles. The highest BCUT2D eigenvalue weighted by Crippen LogP contribution is 2.28. The van der Waals surface area contributed by atoms with Gasteiger partial charge in [-0.25, -0.2) is 4.98 Å². The van der Waals surface area contributed by atoms with Crippen LogP contribution in [0.5, 0.6) is 0 Å². The number of hydrogen-bond acceptors (Lipinski definition) is 3. The lowest BCUT2D eigenvalue weighted by molar-refractivity contribution is -0.595. The van der Waals surface area contributed by atoms with Crippen LogP contribution in [0.4, 0.5) is 0 Å². The maximum absolute atomic E-state index is 10.3. The summed E-state index contributed by atoms with van der Waals surface area (Å²) in [4.78, 5) is 23.6. The van der Waals surface area contributed by atoms with E-state index in [1.54, 1.807) is 30.3 Å². The Balaban J connectivity index is 0.000000222. The van der Waals surface area contributed by atoms with E-state index in [4.69, 9.17) is 0 Å². The van der Waals surface area contributed by atoms with E-state index in [-0.39, 0.29) is 0 Å². The highest BCUT2D eigenvalue weighted by Gasteiger charge is 2.07. The van der Waals surface area contributed by atoms with Crippen molar-refractivity contribution in [3.05, 3.63) is 115 Å². The Morgan fingerprint density at radius 1 is 0.812 bits per heavy atom. The molecule has 0 unspecified atom stereocenters. The first kappa shape index (κ1) is 23.6. The number of benzene rings is 2. The number of aromatic nitrogens is 2. The van der Waals surface area contributed by atoms with Gasteiger partial charge < -0.3 is 14.4 Å². The molecule has 32 heavy (non-hydrogen) atoms. The van der Waals surface area contributed by atoms with Gasteiger partial charge in [0.05, 0.1) is 0 Å². The number of aromatic amines is 1. The molecule has 0 atom stereocenters. The highest BCUT2D eigenvalue weighted by atomic mass is 31.2. The van der Waals surface area contributed by atoms with Crippen molar-refractivity contribution >= 4 is 7.60 Å². The summed E-state index contributed by atoms with van der Waals surface area (Å²) in [6.45, 7) is 2.21. The first-order chi connectivity index (χ1) is 15.4. The van der Waals surface area contributed by atoms with E-state index < -0.39 is 13.8 Å². The summed E-state index contributed by atoms with van der Waals surface area (Å²) in [7, 11) is -4.39. The van der Waals surface area contributed by atoms with Gasteiger partial charge in [-0.15, -0.1) is 0 Å². The summed E-state index contributed by atoms with van der Waals surface area (Å²) in [5, 5.41) is 0. The molecule has 2 aromatic carbocycles. The normalized spacial score (nSPS) is 10.8. The van der Waals surface area contributed by atoms with Crippen molar-refractivity contribution in [2.24, 2.45) is 0 Å². The number of H-pyrrole nitrogens is 1. The number of nitrogens with zero attached hydrogens (tertiary/aromatic N) is 1. The van der Waals surface area contributed by atoms with E-state index in [0.29, 0.717) is 5.56 Å². The van der Waals surface area contributed by atoms with Crippen molar-refractivity contribution in [1.29, 1.82) is 0 Å². The summed E-state index contributed by atoms with van der Waals surface area (Å²) >= 11 is 0. The van der Waals surface area contributed by atoms with Crippen LogP contribution in [0.2, 0.25) is 0 Å². The number of hydrogen-bond donors (Lipinski definition) is 0. The molecule has 0 saturated heterocycles. The van der Waals surface area contributed by atoms with Gasteiger partial charge in [-0.05, 0) is 28.7 Å². The van der Waals surface area contributed by atoms with Crippen LogP contribution in [-0.4, -0.2) is 0 Å². The van der Waals surface area contributed by atoms with Crippen LogP contribution < -0.4 is 19.3 Å². The van der Waals surface area contributed by atoms with E-state index in [1.165, 1.54) is 28.8 Å². The van der Waals surface area contributed by atoms with E-state index in [1.807, 2.05) is 12.4 Å². The number of rotatable bonds is 6. The topological polar surface area (TPSA) is 81.2 Å². The molecule has 6 heteroatoms. The molecule has 0 saturated carbocycles. The molecule has 1 N–H and O–H groups in total. The molecule has 164 valence electrons. The van der Waals surface area contributed by atoms with Gasteiger partial charge in [-0.3, -0.25) is 0 Å². The summed E-state index contributed by atoms with van der Waals surface area (Å²) in [5.41, 5.74) is 5.60. The van der Waals surface area contributed by atoms with Crippen molar-refractivity contribution in [1.82, 2.24) is 0 Å². The fraction of sp³-hybridized carbons (Fsp3) is 0.154. The maximum atomic E-state index is 10.3. The predicted molar refractivity (Wildman–Crippen MR) is 122 cm³/mol. The van der Waals surface area contributed by atoms with Crippen LogP contribution in [0.15, 0.2) is 104 Å². The van der Waals surface area contributed by atoms with Crippen LogP contribution in [0.1, 0.15) is 24.5 Å². The van der Waals surface area contributed by atoms with Gasteiger partial charge in [0.25, 0.3) is 0 Å². The van der Waals surface area contributed by atoms with E-state index in [9.17, 15) is 14.4 Å². The zero-order valence-corrected chi connectivity index (χ0v) is 18.9. The second-order valence-electron chi connectivity index (χ2n) is 7.46. The summed E-state index contributed by atoms with van der Waals surface area (Å²) in [5.74, 6) is 0. The largest absolute Gasteiger partial charge is 0.810 e. The van der Waals surface area contributed by atoms with Gasteiger partial charge >= 0.3 is 0 Å². The Hall–Kier alpha value is -3.11. The first-order valence-electron chi connectivity index (χ1n) is 10.6. The van der Waals surface area contributed by atoms with E-state index in [0.717, 1.165) is 6.42 Å². The Morgan fingerprint density at radius 3 is 2.06 bits per heavy atom. The minimum absolute atomic E-state index is 0.395. The van der Waals surface area contributed by atoms with Crippen molar-refractivity contribution in [2.75, 3.05) is 0 Å². The molecule has 4 rings (SSSR count). The van der Waals surface area contributed by atoms with E-state index >= 15 is 0 Å². The molecule has 0 radical (unpaired) electrons. The third-order valence-electron chi connectivity index (χ3n) is 4.85. The fourth-order valence-electron chi connectivity index (χ4n) is 3.34. The van der Waals surface area contributed by atoms with Crippen molar-refractivity contribution in [3.8, 4) is 16.8 Å². The Morgan fingerprint density at radius 2 is 1.44 bits per heavy atom. The zero-order chi connectivity index (χ0) is 22.8. The number of aryl methyl sites for hydroxylation is 1. The molecule has 0 spiro atoms. The van der Waals surface area contributed by atoms with Crippen LogP contribution in [0.3, 0.4) is 0 Å². The predicted octanol–water partition coefficient (Wildman–Crippen LogP) is 3.50. The molecule has 0 fully saturated rings. The average molecular weight is 446 g/mol. The quantitative estimate of drug-likeness (QED) is 0.336. The lowest BCUT2D eigenvalue weighted by atomic mass is 10.1. The zero-order valence-electron chi connectivity index (χ0n) is 18.1. The van der Waals surface area contributed by atoms with E-state index in [2.05, 4.69) is 77.4 Å². The summed E-state index contributed by atoms with van der Waals surface area (Å²) in [6, 6.07) is 25.6. The number of pyridine rings is 2. The highest BCUT2D eigenvalue weighted by molar-refractivity contribution is 7.47. The molecule has 0 bridgehead atoms. The van der Waals surface area contributed by atoms with Gasteiger partial charge in [0, 0.05) is 42.6 Å². The third-order valence-corrected chi connectivity index (χ3v) is 5.60. The smallest absolute Gasteiger partial charge is 0.210 e. The molecule has 2 aromatic heterocycles. The molecular weight excluding hydrogens is 419 g/mol. The van der Waals surface area contributed by atoms with Crippen LogP contribution in [-0.2, 0) is 17.1 Å². The van der Waals surface area contributed by atoms with Crippen LogP contribution in [0.25, 0.3) is 16.8 Å². The molecule has 4 aromatic rings. The monoisotopic (exact) mass is 446 g/mol. The third kappa shape index (κ3) is 7.54. The molecule has 0 aliphatic rings. The van der Waals surface area contributed by atoms with Crippen molar-refractivity contribution < 1.29 is 23.9 Å². The van der Waals surface area contributed by atoms with Crippen molar-refractivity contribution in [2.45, 2.75) is 25.9 Å². The van der Waals surface area contributed by atoms with Gasteiger partial charge in [-0.2, -0.15) is 4.57 Å². The second kappa shape index (κ2) is 11.5. The van der Waals surface area contributed by atoms with Crippen molar-refractivity contribution in [3.63, 3.8) is 0 Å². The Bertz CT molecular complexity index is 1140. The van der Waals surface area contributed by atoms with Gasteiger partial charge in [0.2, 0.25) is 5.69 Å². The van der Waals surface area contributed by atoms with Crippen LogP contribution >= 0.6 is 7.60 Å². The molecule has 0 amide bonds. The van der Waals surface area contributed by atoms with Gasteiger partial charge in [-0.1, -0.05) is 63.4 Å².